The quantitative estimate of drug-likeness (QED) is 0.0688. The van der Waals surface area contributed by atoms with Crippen molar-refractivity contribution in [2.75, 3.05) is 26.3 Å². The molecule has 26 heteroatoms. The number of hydrogen-bond donors (Lipinski definition) is 14. The number of nitrogens with zero attached hydrogens (tertiary/aromatic N) is 1. The number of nitrogens with one attached hydrogen (secondary N) is 10. The fraction of sp³-hybridized carbons (Fsp3) is 0.678. The average Bonchev–Trinajstić information content (AvgIpc) is 3.89. The van der Waals surface area contributed by atoms with Gasteiger partial charge in [-0.05, 0) is 74.0 Å². The summed E-state index contributed by atoms with van der Waals surface area (Å²) in [4.78, 5) is 156. The predicted molar refractivity (Wildman–Crippen MR) is 314 cm³/mol. The molecular formula is C59H95N11O15. The Balaban J connectivity index is 2.17. The summed E-state index contributed by atoms with van der Waals surface area (Å²) in [6.07, 6.45) is 1.95. The fourth-order valence-electron chi connectivity index (χ4n) is 9.87. The molecule has 12 atom stereocenters. The van der Waals surface area contributed by atoms with E-state index in [0.717, 1.165) is 17.7 Å². The number of carbonyl (C=O) groups is 11. The van der Waals surface area contributed by atoms with Crippen LogP contribution in [0, 0.1) is 23.7 Å². The minimum atomic E-state index is -1.63. The Morgan fingerprint density at radius 1 is 0.588 bits per heavy atom. The molecule has 1 aromatic rings. The molecule has 26 nitrogen and oxygen atoms in total. The van der Waals surface area contributed by atoms with Gasteiger partial charge < -0.3 is 78.5 Å². The number of amides is 11. The summed E-state index contributed by atoms with van der Waals surface area (Å²) in [5.74, 6) is -10.7. The summed E-state index contributed by atoms with van der Waals surface area (Å²) < 4.78 is 0. The van der Waals surface area contributed by atoms with Crippen molar-refractivity contribution in [1.29, 1.82) is 0 Å². The molecule has 0 unspecified atom stereocenters. The maximum absolute atomic E-state index is 14.6. The third-order valence-corrected chi connectivity index (χ3v) is 15.2. The summed E-state index contributed by atoms with van der Waals surface area (Å²) in [7, 11) is 0. The fourth-order valence-corrected chi connectivity index (χ4v) is 9.87. The van der Waals surface area contributed by atoms with Crippen LogP contribution in [-0.4, -0.2) is 177 Å². The minimum absolute atomic E-state index is 0.0353. The largest absolute Gasteiger partial charge is 0.508 e. The molecule has 3 rings (SSSR count). The van der Waals surface area contributed by atoms with Gasteiger partial charge in [0.05, 0.1) is 19.3 Å². The lowest BCUT2D eigenvalue weighted by Crippen LogP contribution is -2.62. The highest BCUT2D eigenvalue weighted by Crippen LogP contribution is 2.22. The molecule has 0 aliphatic carbocycles. The Bertz CT molecular complexity index is 2480. The summed E-state index contributed by atoms with van der Waals surface area (Å²) in [6, 6.07) is -6.26. The van der Waals surface area contributed by atoms with Crippen LogP contribution < -0.4 is 53.2 Å². The highest BCUT2D eigenvalue weighted by molar-refractivity contribution is 6.02. The van der Waals surface area contributed by atoms with Crippen molar-refractivity contribution in [2.24, 2.45) is 23.7 Å². The SMILES string of the molecule is CC=C1NC(=O)[C@H](CO)NC(=O)C[C@@H](CCCCC)NC(=O)CNC(=O)[C@H](CC(C)C)NC(=O)[C@H]([C@H](C)CC)NC(=O)[C@H]([C@@H](C)CC)NC(=O)[C@@H](CC(C)C)NC(=O)[C@@H](Cc2ccc(O)cc2)NC(=O)[C@H](CCO)NC(=O)[C@@H]2C[C@@H](O)CN2C1=O. The number of hydrogen-bond acceptors (Lipinski definition) is 15. The molecule has 0 bridgehead atoms. The average molecular weight is 1200 g/mol. The van der Waals surface area contributed by atoms with E-state index in [1.165, 1.54) is 37.3 Å². The number of benzene rings is 1. The normalized spacial score (nSPS) is 27.0. The lowest BCUT2D eigenvalue weighted by Gasteiger charge is -2.31. The molecule has 0 aromatic heterocycles. The third kappa shape index (κ3) is 23.3. The van der Waals surface area contributed by atoms with Crippen LogP contribution >= 0.6 is 0 Å². The van der Waals surface area contributed by atoms with E-state index >= 15 is 0 Å². The van der Waals surface area contributed by atoms with E-state index in [1.54, 1.807) is 41.5 Å². The highest BCUT2D eigenvalue weighted by Gasteiger charge is 2.42. The van der Waals surface area contributed by atoms with Crippen molar-refractivity contribution < 1.29 is 73.2 Å². The predicted octanol–water partition coefficient (Wildman–Crippen LogP) is -0.546. The first kappa shape index (κ1) is 72.1. The lowest BCUT2D eigenvalue weighted by atomic mass is 9.93. The van der Waals surface area contributed by atoms with Crippen LogP contribution in [0.3, 0.4) is 0 Å². The van der Waals surface area contributed by atoms with Crippen LogP contribution in [0.15, 0.2) is 36.0 Å². The van der Waals surface area contributed by atoms with Crippen LogP contribution in [0.4, 0.5) is 0 Å². The molecule has 14 N–H and O–H groups in total. The second kappa shape index (κ2) is 36.0. The van der Waals surface area contributed by atoms with E-state index < -0.39 is 176 Å². The van der Waals surface area contributed by atoms with E-state index in [2.05, 4.69) is 53.2 Å². The highest BCUT2D eigenvalue weighted by atomic mass is 16.3. The zero-order chi connectivity index (χ0) is 63.7. The number of phenols is 1. The van der Waals surface area contributed by atoms with Gasteiger partial charge in [0.2, 0.25) is 59.1 Å². The van der Waals surface area contributed by atoms with Gasteiger partial charge in [-0.3, -0.25) is 52.7 Å². The van der Waals surface area contributed by atoms with Crippen LogP contribution in [0.1, 0.15) is 145 Å². The number of aliphatic hydroxyl groups excluding tert-OH is 3. The smallest absolute Gasteiger partial charge is 0.270 e. The van der Waals surface area contributed by atoms with Crippen molar-refractivity contribution in [3.8, 4) is 5.75 Å². The van der Waals surface area contributed by atoms with Crippen molar-refractivity contribution in [1.82, 2.24) is 58.1 Å². The number of allylic oxidation sites excluding steroid dienone is 1. The molecule has 0 radical (unpaired) electrons. The summed E-state index contributed by atoms with van der Waals surface area (Å²) >= 11 is 0. The number of unbranched alkanes of at least 4 members (excludes halogenated alkanes) is 2. The maximum atomic E-state index is 14.6. The van der Waals surface area contributed by atoms with Gasteiger partial charge in [-0.2, -0.15) is 0 Å². The molecule has 2 fully saturated rings. The van der Waals surface area contributed by atoms with Crippen LogP contribution in [0.2, 0.25) is 0 Å². The van der Waals surface area contributed by atoms with Crippen LogP contribution in [-0.2, 0) is 59.2 Å². The summed E-state index contributed by atoms with van der Waals surface area (Å²) in [5.41, 5.74) is 0.0343. The van der Waals surface area contributed by atoms with E-state index in [4.69, 9.17) is 0 Å². The molecule has 2 heterocycles. The third-order valence-electron chi connectivity index (χ3n) is 15.2. The molecule has 2 aliphatic rings. The van der Waals surface area contributed by atoms with E-state index in [-0.39, 0.29) is 49.7 Å². The first-order valence-electron chi connectivity index (χ1n) is 29.8. The van der Waals surface area contributed by atoms with Crippen molar-refractivity contribution >= 4 is 65.0 Å². The van der Waals surface area contributed by atoms with Crippen molar-refractivity contribution in [2.45, 2.75) is 207 Å². The van der Waals surface area contributed by atoms with Crippen LogP contribution in [0.5, 0.6) is 5.75 Å². The number of aliphatic hydroxyl groups is 3. The zero-order valence-electron chi connectivity index (χ0n) is 51.0. The van der Waals surface area contributed by atoms with Gasteiger partial charge in [-0.1, -0.05) is 113 Å². The molecule has 11 amide bonds. The number of carbonyl (C=O) groups excluding carboxylic acids is 11. The molecule has 2 saturated heterocycles. The van der Waals surface area contributed by atoms with Gasteiger partial charge in [0.25, 0.3) is 5.91 Å². The summed E-state index contributed by atoms with van der Waals surface area (Å²) in [5, 5.41) is 67.7. The molecular weight excluding hydrogens is 1100 g/mol. The topological polar surface area (TPSA) is 392 Å². The Kier molecular flexibility index (Phi) is 30.5. The van der Waals surface area contributed by atoms with Crippen molar-refractivity contribution in [3.05, 3.63) is 41.6 Å². The molecule has 0 saturated carbocycles. The Morgan fingerprint density at radius 2 is 1.12 bits per heavy atom. The van der Waals surface area contributed by atoms with E-state index in [0.29, 0.717) is 31.2 Å². The number of phenolic OH excluding ortho intramolecular Hbond substituents is 1. The molecule has 476 valence electrons. The number of rotatable bonds is 17. The van der Waals surface area contributed by atoms with Gasteiger partial charge in [-0.25, -0.2) is 0 Å². The zero-order valence-corrected chi connectivity index (χ0v) is 51.0. The monoisotopic (exact) mass is 1200 g/mol. The van der Waals surface area contributed by atoms with Gasteiger partial charge in [0.1, 0.15) is 59.8 Å². The number of aromatic hydroxyl groups is 1. The standard InChI is InChI=1S/C59H95N11O15/c1-11-15-16-17-37-27-47(75)62-45(31-72)55(81)63-40(14-4)59(85)70-30-39(74)28-46(70)56(82)64-41(22-23-71)52(78)66-44(26-36-18-20-38(73)21-19-36)53(79)65-43(25-33(7)8)54(80)68-50(35(10)13-3)58(84)69-49(34(9)12-2)57(83)67-42(24-32(5)6)51(77)60-29-48(76)61-37/h14,18-21,32-35,37,39,41-46,49-50,71-74H,11-13,15-17,22-31H2,1-10H3,(H,60,77)(H,61,76)(H,62,75)(H,63,81)(H,64,82)(H,65,79)(H,66,78)(H,67,83)(H,68,80)(H,69,84)/t34-,35+,37-,39-,41+,42+,43-,44-,45+,46+,49+,50+/m1/s1. The van der Waals surface area contributed by atoms with Crippen LogP contribution in [0.25, 0.3) is 0 Å². The Labute approximate surface area is 498 Å². The minimum Gasteiger partial charge on any atom is -0.508 e. The van der Waals surface area contributed by atoms with E-state index in [9.17, 15) is 73.2 Å². The molecule has 0 spiro atoms. The van der Waals surface area contributed by atoms with Gasteiger partial charge in [0.15, 0.2) is 0 Å². The van der Waals surface area contributed by atoms with Gasteiger partial charge in [0, 0.05) is 38.5 Å². The molecule has 85 heavy (non-hydrogen) atoms. The number of fused-ring (bicyclic) bond motifs is 1. The second-order valence-corrected chi connectivity index (χ2v) is 23.2. The Morgan fingerprint density at radius 3 is 1.67 bits per heavy atom. The Hall–Kier alpha value is -7.19. The van der Waals surface area contributed by atoms with E-state index in [1.807, 2.05) is 20.8 Å². The molecule has 1 aromatic carbocycles. The first-order valence-corrected chi connectivity index (χ1v) is 29.8. The molecule has 2 aliphatic heterocycles. The van der Waals surface area contributed by atoms with Gasteiger partial charge >= 0.3 is 0 Å². The lowest BCUT2D eigenvalue weighted by molar-refractivity contribution is -0.139. The van der Waals surface area contributed by atoms with Gasteiger partial charge in [-0.15, -0.1) is 0 Å². The maximum Gasteiger partial charge on any atom is 0.270 e. The van der Waals surface area contributed by atoms with Crippen molar-refractivity contribution in [3.63, 3.8) is 0 Å². The second-order valence-electron chi connectivity index (χ2n) is 23.2. The summed E-state index contributed by atoms with van der Waals surface area (Å²) in [6.45, 7) is 15.1. The first-order chi connectivity index (χ1) is 40.2.